The van der Waals surface area contributed by atoms with Crippen LogP contribution in [-0.4, -0.2) is 54.5 Å². The van der Waals surface area contributed by atoms with Gasteiger partial charge in [-0.1, -0.05) is 12.1 Å². The van der Waals surface area contributed by atoms with Gasteiger partial charge in [0.05, 0.1) is 7.11 Å². The van der Waals surface area contributed by atoms with Gasteiger partial charge < -0.3 is 9.64 Å². The van der Waals surface area contributed by atoms with Gasteiger partial charge in [0, 0.05) is 38.0 Å². The molecule has 4 rings (SSSR count). The topological polar surface area (TPSA) is 32.8 Å². The molecule has 1 aliphatic carbocycles. The molecule has 4 heteroatoms. The molecule has 0 bridgehead atoms. The Hall–Kier alpha value is -1.55. The van der Waals surface area contributed by atoms with Gasteiger partial charge in [-0.15, -0.1) is 0 Å². The number of fused-ring (bicyclic) bond motifs is 1. The first-order valence-electron chi connectivity index (χ1n) is 9.32. The van der Waals surface area contributed by atoms with E-state index in [9.17, 15) is 4.79 Å². The Morgan fingerprint density at radius 1 is 1.21 bits per heavy atom. The van der Waals surface area contributed by atoms with Crippen LogP contribution in [0.3, 0.4) is 0 Å². The zero-order chi connectivity index (χ0) is 16.7. The zero-order valence-corrected chi connectivity index (χ0v) is 14.8. The van der Waals surface area contributed by atoms with Gasteiger partial charge in [-0.05, 0) is 55.8 Å². The molecule has 1 aromatic carbocycles. The first kappa shape index (κ1) is 15.9. The molecule has 1 amide bonds. The van der Waals surface area contributed by atoms with E-state index in [1.54, 1.807) is 14.0 Å². The Morgan fingerprint density at radius 3 is 2.58 bits per heavy atom. The average molecular weight is 328 g/mol. The third-order valence-electron chi connectivity index (χ3n) is 6.11. The van der Waals surface area contributed by atoms with E-state index in [1.807, 2.05) is 0 Å². The Bertz CT molecular complexity index is 596. The number of amides is 1. The fraction of sp³-hybridized carbons (Fsp3) is 0.650. The summed E-state index contributed by atoms with van der Waals surface area (Å²) in [4.78, 5) is 17.0. The molecule has 3 fully saturated rings. The minimum Gasteiger partial charge on any atom is -0.497 e. The number of piperidine rings is 1. The van der Waals surface area contributed by atoms with Gasteiger partial charge in [-0.3, -0.25) is 9.69 Å². The number of carbonyl (C=O) groups excluding carboxylic acids is 1. The molecule has 2 heterocycles. The number of hydrogen-bond donors (Lipinski definition) is 0. The first-order chi connectivity index (χ1) is 11.7. The molecule has 1 saturated carbocycles. The number of nitrogens with zero attached hydrogens (tertiary/aromatic N) is 2. The number of carbonyl (C=O) groups is 1. The molecule has 2 saturated heterocycles. The highest BCUT2D eigenvalue weighted by Gasteiger charge is 2.48. The molecule has 4 nitrogen and oxygen atoms in total. The third-order valence-corrected chi connectivity index (χ3v) is 6.11. The summed E-state index contributed by atoms with van der Waals surface area (Å²) in [6.45, 7) is 5.00. The highest BCUT2D eigenvalue weighted by Crippen LogP contribution is 2.42. The lowest BCUT2D eigenvalue weighted by Crippen LogP contribution is -2.52. The van der Waals surface area contributed by atoms with E-state index in [4.69, 9.17) is 4.74 Å². The zero-order valence-electron chi connectivity index (χ0n) is 14.8. The smallest absolute Gasteiger partial charge is 0.219 e. The number of rotatable bonds is 4. The molecule has 0 aromatic heterocycles. The van der Waals surface area contributed by atoms with Gasteiger partial charge >= 0.3 is 0 Å². The summed E-state index contributed by atoms with van der Waals surface area (Å²) in [5, 5.41) is 0. The van der Waals surface area contributed by atoms with Crippen LogP contribution in [-0.2, 0) is 4.79 Å². The second-order valence-corrected chi connectivity index (χ2v) is 7.69. The summed E-state index contributed by atoms with van der Waals surface area (Å²) in [5.74, 6) is 2.44. The molecule has 3 aliphatic rings. The maximum atomic E-state index is 12.2. The lowest BCUT2D eigenvalue weighted by Gasteiger charge is -2.41. The Balaban J connectivity index is 1.63. The molecule has 3 atom stereocenters. The number of methoxy groups -OCH3 is 1. The summed E-state index contributed by atoms with van der Waals surface area (Å²) in [6.07, 6.45) is 5.14. The van der Waals surface area contributed by atoms with Crippen LogP contribution in [0, 0.1) is 5.92 Å². The molecule has 0 radical (unpaired) electrons. The number of benzene rings is 1. The van der Waals surface area contributed by atoms with Crippen LogP contribution < -0.4 is 4.74 Å². The normalized spacial score (nSPS) is 30.2. The van der Waals surface area contributed by atoms with Crippen molar-refractivity contribution in [2.45, 2.75) is 50.6 Å². The van der Waals surface area contributed by atoms with Crippen molar-refractivity contribution in [2.24, 2.45) is 5.92 Å². The molecule has 24 heavy (non-hydrogen) atoms. The van der Waals surface area contributed by atoms with Crippen molar-refractivity contribution in [1.82, 2.24) is 9.80 Å². The third kappa shape index (κ3) is 2.92. The van der Waals surface area contributed by atoms with Crippen molar-refractivity contribution in [1.29, 1.82) is 0 Å². The van der Waals surface area contributed by atoms with Crippen LogP contribution in [0.5, 0.6) is 5.75 Å². The fourth-order valence-electron chi connectivity index (χ4n) is 4.75. The van der Waals surface area contributed by atoms with Crippen LogP contribution in [0.4, 0.5) is 0 Å². The minimum atomic E-state index is 0.231. The van der Waals surface area contributed by atoms with Crippen molar-refractivity contribution in [2.75, 3.05) is 26.7 Å². The quantitative estimate of drug-likeness (QED) is 0.852. The largest absolute Gasteiger partial charge is 0.497 e. The molecule has 0 N–H and O–H groups in total. The minimum absolute atomic E-state index is 0.231. The lowest BCUT2D eigenvalue weighted by molar-refractivity contribution is -0.130. The Labute approximate surface area is 144 Å². The number of ether oxygens (including phenoxy) is 1. The predicted octanol–water partition coefficient (Wildman–Crippen LogP) is 2.88. The summed E-state index contributed by atoms with van der Waals surface area (Å²) < 4.78 is 5.30. The Kier molecular flexibility index (Phi) is 4.25. The van der Waals surface area contributed by atoms with E-state index < -0.39 is 0 Å². The summed E-state index contributed by atoms with van der Waals surface area (Å²) in [7, 11) is 1.70. The summed E-state index contributed by atoms with van der Waals surface area (Å²) in [5.41, 5.74) is 1.34. The van der Waals surface area contributed by atoms with E-state index in [0.717, 1.165) is 24.6 Å². The summed E-state index contributed by atoms with van der Waals surface area (Å²) >= 11 is 0. The van der Waals surface area contributed by atoms with Gasteiger partial charge in [0.1, 0.15) is 5.75 Å². The average Bonchev–Trinajstić information content (AvgIpc) is 3.32. The van der Waals surface area contributed by atoms with Crippen molar-refractivity contribution < 1.29 is 9.53 Å². The predicted molar refractivity (Wildman–Crippen MR) is 94.2 cm³/mol. The van der Waals surface area contributed by atoms with Gasteiger partial charge in [0.2, 0.25) is 5.91 Å². The van der Waals surface area contributed by atoms with E-state index in [2.05, 4.69) is 34.1 Å². The van der Waals surface area contributed by atoms with Gasteiger partial charge in [-0.2, -0.15) is 0 Å². The molecular weight excluding hydrogens is 300 g/mol. The maximum absolute atomic E-state index is 12.2. The highest BCUT2D eigenvalue weighted by molar-refractivity contribution is 5.74. The van der Waals surface area contributed by atoms with E-state index >= 15 is 0 Å². The van der Waals surface area contributed by atoms with E-state index in [0.29, 0.717) is 18.0 Å². The van der Waals surface area contributed by atoms with Crippen molar-refractivity contribution in [3.63, 3.8) is 0 Å². The van der Waals surface area contributed by atoms with Crippen molar-refractivity contribution in [3.8, 4) is 5.75 Å². The van der Waals surface area contributed by atoms with Gasteiger partial charge in [0.25, 0.3) is 0 Å². The van der Waals surface area contributed by atoms with Crippen LogP contribution in [0.15, 0.2) is 24.3 Å². The number of likely N-dealkylation sites (tertiary alicyclic amines) is 2. The molecule has 2 aliphatic heterocycles. The van der Waals surface area contributed by atoms with Gasteiger partial charge in [0.15, 0.2) is 0 Å². The second-order valence-electron chi connectivity index (χ2n) is 7.69. The van der Waals surface area contributed by atoms with Crippen LogP contribution in [0.2, 0.25) is 0 Å². The SMILES string of the molecule is COc1ccc([C@H]2CN(C(C)=O)[C@@H]3CCCN(CC4CC4)[C@H]23)cc1. The monoisotopic (exact) mass is 328 g/mol. The van der Waals surface area contributed by atoms with Crippen LogP contribution >= 0.6 is 0 Å². The first-order valence-corrected chi connectivity index (χ1v) is 9.32. The molecule has 130 valence electrons. The van der Waals surface area contributed by atoms with Crippen LogP contribution in [0.1, 0.15) is 44.1 Å². The van der Waals surface area contributed by atoms with E-state index in [1.165, 1.54) is 37.9 Å². The lowest BCUT2D eigenvalue weighted by atomic mass is 9.86. The maximum Gasteiger partial charge on any atom is 0.219 e. The van der Waals surface area contributed by atoms with Crippen molar-refractivity contribution in [3.05, 3.63) is 29.8 Å². The second kappa shape index (κ2) is 6.40. The van der Waals surface area contributed by atoms with E-state index in [-0.39, 0.29) is 5.91 Å². The van der Waals surface area contributed by atoms with Crippen LogP contribution in [0.25, 0.3) is 0 Å². The standard InChI is InChI=1S/C20H28N2O2/c1-14(23)22-13-18(16-7-9-17(24-2)10-8-16)20-19(22)4-3-11-21(20)12-15-5-6-15/h7-10,15,18-20H,3-6,11-13H2,1-2H3/t18-,19-,20-/m1/s1. The highest BCUT2D eigenvalue weighted by atomic mass is 16.5. The molecule has 0 spiro atoms. The summed E-state index contributed by atoms with van der Waals surface area (Å²) in [6, 6.07) is 9.35. The molecule has 1 aromatic rings. The molecule has 0 unspecified atom stereocenters. The Morgan fingerprint density at radius 2 is 1.96 bits per heavy atom. The van der Waals surface area contributed by atoms with Crippen molar-refractivity contribution >= 4 is 5.91 Å². The fourth-order valence-corrected chi connectivity index (χ4v) is 4.75. The number of hydrogen-bond acceptors (Lipinski definition) is 3. The molecular formula is C20H28N2O2. The van der Waals surface area contributed by atoms with Gasteiger partial charge in [-0.25, -0.2) is 0 Å².